The largest absolute Gasteiger partial charge is 0.436 e. The molecule has 1 aromatic carbocycles. The van der Waals surface area contributed by atoms with E-state index in [0.717, 1.165) is 17.0 Å². The van der Waals surface area contributed by atoms with E-state index < -0.39 is 0 Å². The first-order valence-corrected chi connectivity index (χ1v) is 5.89. The van der Waals surface area contributed by atoms with Gasteiger partial charge in [-0.25, -0.2) is 9.97 Å². The van der Waals surface area contributed by atoms with Crippen LogP contribution in [-0.2, 0) is 6.42 Å². The predicted octanol–water partition coefficient (Wildman–Crippen LogP) is 4.14. The van der Waals surface area contributed by atoms with Gasteiger partial charge in [-0.3, -0.25) is 0 Å². The molecule has 1 aromatic heterocycles. The normalized spacial score (nSPS) is 10.3. The highest BCUT2D eigenvalue weighted by Crippen LogP contribution is 2.28. The predicted molar refractivity (Wildman–Crippen MR) is 67.9 cm³/mol. The van der Waals surface area contributed by atoms with Crippen molar-refractivity contribution >= 4 is 23.2 Å². The number of hydrogen-bond acceptors (Lipinski definition) is 3. The summed E-state index contributed by atoms with van der Waals surface area (Å²) in [5.74, 6) is 0.937. The van der Waals surface area contributed by atoms with Crippen LogP contribution in [0.15, 0.2) is 30.6 Å². The summed E-state index contributed by atoms with van der Waals surface area (Å²) in [7, 11) is 0. The van der Waals surface area contributed by atoms with Crippen LogP contribution in [-0.4, -0.2) is 9.97 Å². The van der Waals surface area contributed by atoms with Gasteiger partial charge in [0.05, 0.1) is 0 Å². The SMILES string of the molecule is CCc1cc(Oc2nccnc2Cl)ccc1Cl. The van der Waals surface area contributed by atoms with E-state index in [2.05, 4.69) is 9.97 Å². The van der Waals surface area contributed by atoms with Gasteiger partial charge in [0.1, 0.15) is 5.75 Å². The molecule has 0 fully saturated rings. The second-order valence-corrected chi connectivity index (χ2v) is 4.13. The van der Waals surface area contributed by atoms with Crippen molar-refractivity contribution in [3.05, 3.63) is 46.3 Å². The second kappa shape index (κ2) is 5.34. The lowest BCUT2D eigenvalue weighted by Gasteiger charge is -2.07. The molecule has 0 saturated heterocycles. The van der Waals surface area contributed by atoms with Gasteiger partial charge >= 0.3 is 0 Å². The lowest BCUT2D eigenvalue weighted by Crippen LogP contribution is -1.91. The number of aryl methyl sites for hydroxylation is 1. The minimum Gasteiger partial charge on any atom is -0.436 e. The van der Waals surface area contributed by atoms with Crippen LogP contribution in [0, 0.1) is 0 Å². The zero-order valence-electron chi connectivity index (χ0n) is 9.15. The Morgan fingerprint density at radius 1 is 1.18 bits per heavy atom. The number of aromatic nitrogens is 2. The molecule has 5 heteroatoms. The number of halogens is 2. The van der Waals surface area contributed by atoms with Gasteiger partial charge < -0.3 is 4.74 Å². The standard InChI is InChI=1S/C12H10Cl2N2O/c1-2-8-7-9(3-4-10(8)13)17-12-11(14)15-5-6-16-12/h3-7H,2H2,1H3. The van der Waals surface area contributed by atoms with Gasteiger partial charge in [-0.05, 0) is 30.2 Å². The van der Waals surface area contributed by atoms with Gasteiger partial charge in [-0.2, -0.15) is 0 Å². The van der Waals surface area contributed by atoms with E-state index in [1.54, 1.807) is 12.1 Å². The first-order chi connectivity index (χ1) is 8.20. The fraction of sp³-hybridized carbons (Fsp3) is 0.167. The molecule has 0 unspecified atom stereocenters. The van der Waals surface area contributed by atoms with Crippen molar-refractivity contribution in [2.45, 2.75) is 13.3 Å². The Kier molecular flexibility index (Phi) is 3.82. The molecule has 1 heterocycles. The fourth-order valence-corrected chi connectivity index (χ4v) is 1.77. The Bertz CT molecular complexity index is 532. The third-order valence-corrected chi connectivity index (χ3v) is 2.86. The summed E-state index contributed by atoms with van der Waals surface area (Å²) in [5, 5.41) is 0.964. The lowest BCUT2D eigenvalue weighted by molar-refractivity contribution is 0.460. The van der Waals surface area contributed by atoms with Crippen LogP contribution in [0.25, 0.3) is 0 Å². The molecule has 0 aliphatic carbocycles. The summed E-state index contributed by atoms with van der Waals surface area (Å²) in [6, 6.07) is 5.43. The highest BCUT2D eigenvalue weighted by molar-refractivity contribution is 6.31. The molecular weight excluding hydrogens is 259 g/mol. The highest BCUT2D eigenvalue weighted by Gasteiger charge is 2.06. The van der Waals surface area contributed by atoms with Crippen molar-refractivity contribution in [3.63, 3.8) is 0 Å². The number of ether oxygens (including phenoxy) is 1. The lowest BCUT2D eigenvalue weighted by atomic mass is 10.1. The molecule has 0 radical (unpaired) electrons. The van der Waals surface area contributed by atoms with Gasteiger partial charge in [-0.1, -0.05) is 30.1 Å². The maximum atomic E-state index is 6.02. The van der Waals surface area contributed by atoms with E-state index in [-0.39, 0.29) is 5.15 Å². The van der Waals surface area contributed by atoms with Crippen molar-refractivity contribution in [2.24, 2.45) is 0 Å². The maximum Gasteiger partial charge on any atom is 0.257 e. The molecule has 3 nitrogen and oxygen atoms in total. The van der Waals surface area contributed by atoms with Crippen molar-refractivity contribution in [2.75, 3.05) is 0 Å². The smallest absolute Gasteiger partial charge is 0.257 e. The van der Waals surface area contributed by atoms with Gasteiger partial charge in [0.2, 0.25) is 0 Å². The molecule has 88 valence electrons. The fourth-order valence-electron chi connectivity index (χ4n) is 1.37. The number of nitrogens with zero attached hydrogens (tertiary/aromatic N) is 2. The van der Waals surface area contributed by atoms with E-state index in [9.17, 15) is 0 Å². The average Bonchev–Trinajstić information content (AvgIpc) is 2.34. The average molecular weight is 269 g/mol. The number of benzene rings is 1. The van der Waals surface area contributed by atoms with Gasteiger partial charge in [-0.15, -0.1) is 0 Å². The number of hydrogen-bond donors (Lipinski definition) is 0. The summed E-state index contributed by atoms with van der Waals surface area (Å²) >= 11 is 11.9. The minimum absolute atomic E-state index is 0.237. The van der Waals surface area contributed by atoms with Crippen molar-refractivity contribution < 1.29 is 4.74 Å². The Balaban J connectivity index is 2.28. The van der Waals surface area contributed by atoms with Crippen molar-refractivity contribution in [1.29, 1.82) is 0 Å². The Morgan fingerprint density at radius 3 is 2.65 bits per heavy atom. The summed E-state index contributed by atoms with van der Waals surface area (Å²) in [4.78, 5) is 7.89. The van der Waals surface area contributed by atoms with Crippen molar-refractivity contribution in [3.8, 4) is 11.6 Å². The molecule has 0 spiro atoms. The first kappa shape index (κ1) is 12.1. The summed E-state index contributed by atoms with van der Waals surface area (Å²) < 4.78 is 5.54. The van der Waals surface area contributed by atoms with Gasteiger partial charge in [0.15, 0.2) is 5.15 Å². The van der Waals surface area contributed by atoms with E-state index in [4.69, 9.17) is 27.9 Å². The summed E-state index contributed by atoms with van der Waals surface area (Å²) in [6.45, 7) is 2.03. The molecule has 2 aromatic rings. The van der Waals surface area contributed by atoms with E-state index in [0.29, 0.717) is 11.6 Å². The molecule has 17 heavy (non-hydrogen) atoms. The van der Waals surface area contributed by atoms with Crippen LogP contribution < -0.4 is 4.74 Å². The zero-order chi connectivity index (χ0) is 12.3. The first-order valence-electron chi connectivity index (χ1n) is 5.13. The Morgan fingerprint density at radius 2 is 1.94 bits per heavy atom. The molecule has 0 amide bonds. The molecule has 0 bridgehead atoms. The molecule has 0 N–H and O–H groups in total. The van der Waals surface area contributed by atoms with Crippen LogP contribution in [0.2, 0.25) is 10.2 Å². The summed E-state index contributed by atoms with van der Waals surface area (Å²) in [6.07, 6.45) is 3.87. The molecule has 0 atom stereocenters. The topological polar surface area (TPSA) is 35.0 Å². The second-order valence-electron chi connectivity index (χ2n) is 3.36. The van der Waals surface area contributed by atoms with Gasteiger partial charge in [0.25, 0.3) is 5.88 Å². The van der Waals surface area contributed by atoms with E-state index >= 15 is 0 Å². The van der Waals surface area contributed by atoms with Gasteiger partial charge in [0, 0.05) is 17.4 Å². The third kappa shape index (κ3) is 2.87. The zero-order valence-corrected chi connectivity index (χ0v) is 10.7. The summed E-state index contributed by atoms with van der Waals surface area (Å²) in [5.41, 5.74) is 1.02. The molecule has 0 aliphatic rings. The quantitative estimate of drug-likeness (QED) is 0.839. The van der Waals surface area contributed by atoms with E-state index in [1.165, 1.54) is 12.4 Å². The van der Waals surface area contributed by atoms with Crippen LogP contribution in [0.1, 0.15) is 12.5 Å². The van der Waals surface area contributed by atoms with Crippen molar-refractivity contribution in [1.82, 2.24) is 9.97 Å². The molecule has 0 aliphatic heterocycles. The highest BCUT2D eigenvalue weighted by atomic mass is 35.5. The molecule has 2 rings (SSSR count). The van der Waals surface area contributed by atoms with Crippen LogP contribution in [0.3, 0.4) is 0 Å². The number of rotatable bonds is 3. The Labute approximate surface area is 109 Å². The van der Waals surface area contributed by atoms with E-state index in [1.807, 2.05) is 13.0 Å². The Hall–Kier alpha value is -1.32. The minimum atomic E-state index is 0.237. The maximum absolute atomic E-state index is 6.02. The molecule has 0 saturated carbocycles. The monoisotopic (exact) mass is 268 g/mol. The molecular formula is C12H10Cl2N2O. The van der Waals surface area contributed by atoms with Crippen LogP contribution in [0.4, 0.5) is 0 Å². The third-order valence-electron chi connectivity index (χ3n) is 2.24. The van der Waals surface area contributed by atoms with Crippen LogP contribution in [0.5, 0.6) is 11.6 Å². The van der Waals surface area contributed by atoms with Crippen LogP contribution >= 0.6 is 23.2 Å².